The van der Waals surface area contributed by atoms with E-state index in [0.29, 0.717) is 44.1 Å². The highest BCUT2D eigenvalue weighted by Crippen LogP contribution is 2.18. The molecular formula is C28H50N2O7S2. The number of hydrogen-bond acceptors (Lipinski definition) is 11. The maximum Gasteiger partial charge on any atom is 0.309 e. The number of ketones is 1. The lowest BCUT2D eigenvalue weighted by Crippen LogP contribution is -2.34. The summed E-state index contributed by atoms with van der Waals surface area (Å²) >= 11 is 3.19. The fourth-order valence-electron chi connectivity index (χ4n) is 4.40. The van der Waals surface area contributed by atoms with Crippen LogP contribution in [0.2, 0.25) is 0 Å². The van der Waals surface area contributed by atoms with Crippen LogP contribution in [0, 0.1) is 11.8 Å². The summed E-state index contributed by atoms with van der Waals surface area (Å²) in [5.41, 5.74) is 0. The topological polar surface area (TPSA) is 102 Å². The van der Waals surface area contributed by atoms with Crippen molar-refractivity contribution in [3.63, 3.8) is 0 Å². The maximum atomic E-state index is 12.5. The Morgan fingerprint density at radius 2 is 1.44 bits per heavy atom. The molecule has 3 unspecified atom stereocenters. The van der Waals surface area contributed by atoms with Crippen molar-refractivity contribution in [1.82, 2.24) is 9.80 Å². The molecule has 0 amide bonds. The molecule has 1 rings (SSSR count). The van der Waals surface area contributed by atoms with Crippen LogP contribution >= 0.6 is 23.5 Å². The highest BCUT2D eigenvalue weighted by molar-refractivity contribution is 7.98. The molecule has 0 N–H and O–H groups in total. The van der Waals surface area contributed by atoms with Gasteiger partial charge in [0.25, 0.3) is 0 Å². The van der Waals surface area contributed by atoms with Crippen LogP contribution in [0.4, 0.5) is 0 Å². The van der Waals surface area contributed by atoms with Crippen LogP contribution in [0.25, 0.3) is 0 Å². The SMILES string of the molecule is CSCC(C)C(=O)OCCCC(=O)CCN(CCC(=O)OCCOC(=O)C(C)CSC)CCC1CCCN1C. The van der Waals surface area contributed by atoms with Crippen LogP contribution in [-0.2, 0) is 33.4 Å². The lowest BCUT2D eigenvalue weighted by atomic mass is 10.1. The fourth-order valence-corrected chi connectivity index (χ4v) is 5.67. The first-order valence-electron chi connectivity index (χ1n) is 14.1. The highest BCUT2D eigenvalue weighted by atomic mass is 32.2. The smallest absolute Gasteiger partial charge is 0.309 e. The molecule has 0 aromatic carbocycles. The molecule has 39 heavy (non-hydrogen) atoms. The molecule has 3 atom stereocenters. The molecule has 1 aliphatic heterocycles. The van der Waals surface area contributed by atoms with Gasteiger partial charge in [-0.1, -0.05) is 13.8 Å². The van der Waals surface area contributed by atoms with Crippen molar-refractivity contribution in [2.24, 2.45) is 11.8 Å². The second-order valence-electron chi connectivity index (χ2n) is 10.3. The third kappa shape index (κ3) is 16.5. The molecular weight excluding hydrogens is 540 g/mol. The number of hydrogen-bond donors (Lipinski definition) is 0. The van der Waals surface area contributed by atoms with Crippen molar-refractivity contribution in [1.29, 1.82) is 0 Å². The van der Waals surface area contributed by atoms with Gasteiger partial charge in [0.2, 0.25) is 0 Å². The van der Waals surface area contributed by atoms with E-state index < -0.39 is 0 Å². The van der Waals surface area contributed by atoms with Gasteiger partial charge in [-0.3, -0.25) is 19.2 Å². The zero-order valence-corrected chi connectivity index (χ0v) is 26.2. The van der Waals surface area contributed by atoms with E-state index in [0.717, 1.165) is 25.3 Å². The van der Waals surface area contributed by atoms with Crippen LogP contribution in [0.5, 0.6) is 0 Å². The van der Waals surface area contributed by atoms with Gasteiger partial charge in [-0.2, -0.15) is 23.5 Å². The Labute approximate surface area is 243 Å². The molecule has 1 saturated heterocycles. The van der Waals surface area contributed by atoms with Crippen molar-refractivity contribution in [2.45, 2.75) is 64.8 Å². The van der Waals surface area contributed by atoms with Gasteiger partial charge in [-0.25, -0.2) is 0 Å². The minimum atomic E-state index is -0.338. The summed E-state index contributed by atoms with van der Waals surface area (Å²) in [7, 11) is 2.15. The Morgan fingerprint density at radius 1 is 0.846 bits per heavy atom. The summed E-state index contributed by atoms with van der Waals surface area (Å²) in [6.45, 7) is 7.04. The molecule has 11 heteroatoms. The number of esters is 3. The number of carbonyl (C=O) groups is 4. The van der Waals surface area contributed by atoms with Gasteiger partial charge in [-0.05, 0) is 58.3 Å². The minimum Gasteiger partial charge on any atom is -0.465 e. The summed E-state index contributed by atoms with van der Waals surface area (Å²) in [5, 5.41) is 0. The van der Waals surface area contributed by atoms with Crippen molar-refractivity contribution >= 4 is 47.2 Å². The first-order chi connectivity index (χ1) is 18.7. The average molecular weight is 591 g/mol. The maximum absolute atomic E-state index is 12.5. The lowest BCUT2D eigenvalue weighted by Gasteiger charge is -2.26. The van der Waals surface area contributed by atoms with Gasteiger partial charge in [0.1, 0.15) is 19.0 Å². The van der Waals surface area contributed by atoms with Crippen LogP contribution < -0.4 is 0 Å². The second-order valence-corrected chi connectivity index (χ2v) is 12.1. The van der Waals surface area contributed by atoms with E-state index in [-0.39, 0.29) is 61.8 Å². The molecule has 0 bridgehead atoms. The van der Waals surface area contributed by atoms with Crippen LogP contribution in [0.1, 0.15) is 58.8 Å². The van der Waals surface area contributed by atoms with Gasteiger partial charge >= 0.3 is 17.9 Å². The predicted octanol–water partition coefficient (Wildman–Crippen LogP) is 3.53. The molecule has 0 aromatic rings. The largest absolute Gasteiger partial charge is 0.465 e. The molecule has 1 heterocycles. The summed E-state index contributed by atoms with van der Waals surface area (Å²) in [4.78, 5) is 53.1. The van der Waals surface area contributed by atoms with E-state index in [1.54, 1.807) is 23.5 Å². The van der Waals surface area contributed by atoms with Crippen molar-refractivity contribution in [3.8, 4) is 0 Å². The zero-order chi connectivity index (χ0) is 29.0. The van der Waals surface area contributed by atoms with E-state index in [1.165, 1.54) is 12.8 Å². The standard InChI is InChI=1S/C28H50N2O7S2/c1-22(20-38-4)27(33)36-17-7-9-25(31)11-15-30(14-10-24-8-6-13-29(24)3)16-12-26(32)35-18-19-37-28(34)23(2)21-39-5/h22-24H,6-21H2,1-5H3. The summed E-state index contributed by atoms with van der Waals surface area (Å²) in [6, 6.07) is 0.529. The van der Waals surface area contributed by atoms with Crippen molar-refractivity contribution in [3.05, 3.63) is 0 Å². The zero-order valence-electron chi connectivity index (χ0n) is 24.6. The third-order valence-electron chi connectivity index (χ3n) is 6.86. The second kappa shape index (κ2) is 21.4. The first-order valence-corrected chi connectivity index (χ1v) is 16.9. The van der Waals surface area contributed by atoms with E-state index in [2.05, 4.69) is 16.8 Å². The quantitative estimate of drug-likeness (QED) is 0.105. The monoisotopic (exact) mass is 590 g/mol. The number of likely N-dealkylation sites (tertiary alicyclic amines) is 1. The Bertz CT molecular complexity index is 693. The van der Waals surface area contributed by atoms with Gasteiger partial charge in [0, 0.05) is 43.5 Å². The molecule has 0 aromatic heterocycles. The van der Waals surface area contributed by atoms with Crippen LogP contribution in [0.15, 0.2) is 0 Å². The van der Waals surface area contributed by atoms with Gasteiger partial charge in [0.05, 0.1) is 24.9 Å². The fraction of sp³-hybridized carbons (Fsp3) is 0.857. The molecule has 1 fully saturated rings. The first kappa shape index (κ1) is 35.7. The summed E-state index contributed by atoms with van der Waals surface area (Å²) in [5.74, 6) is 0.391. The molecule has 226 valence electrons. The van der Waals surface area contributed by atoms with Gasteiger partial charge in [0.15, 0.2) is 0 Å². The van der Waals surface area contributed by atoms with Crippen molar-refractivity contribution < 1.29 is 33.4 Å². The number of nitrogens with zero attached hydrogens (tertiary/aromatic N) is 2. The van der Waals surface area contributed by atoms with E-state index in [1.807, 2.05) is 26.4 Å². The Balaban J connectivity index is 2.38. The molecule has 0 spiro atoms. The van der Waals surface area contributed by atoms with Gasteiger partial charge in [-0.15, -0.1) is 0 Å². The third-order valence-corrected chi connectivity index (χ3v) is 8.53. The Hall–Kier alpha value is -1.30. The number of carbonyl (C=O) groups excluding carboxylic acids is 4. The number of rotatable bonds is 22. The molecule has 1 aliphatic rings. The van der Waals surface area contributed by atoms with E-state index >= 15 is 0 Å². The van der Waals surface area contributed by atoms with Crippen LogP contribution in [0.3, 0.4) is 0 Å². The molecule has 0 saturated carbocycles. The molecule has 0 aliphatic carbocycles. The summed E-state index contributed by atoms with van der Waals surface area (Å²) < 4.78 is 15.7. The summed E-state index contributed by atoms with van der Waals surface area (Å²) in [6.07, 6.45) is 8.78. The van der Waals surface area contributed by atoms with Crippen molar-refractivity contribution in [2.75, 3.05) is 77.1 Å². The highest BCUT2D eigenvalue weighted by Gasteiger charge is 2.22. The van der Waals surface area contributed by atoms with E-state index in [9.17, 15) is 19.2 Å². The Kier molecular flexibility index (Phi) is 19.6. The lowest BCUT2D eigenvalue weighted by molar-refractivity contribution is -0.154. The van der Waals surface area contributed by atoms with Crippen LogP contribution in [-0.4, -0.2) is 117 Å². The average Bonchev–Trinajstić information content (AvgIpc) is 3.32. The minimum absolute atomic E-state index is 0.0442. The Morgan fingerprint density at radius 3 is 2.03 bits per heavy atom. The molecule has 9 nitrogen and oxygen atoms in total. The molecule has 0 radical (unpaired) electrons. The van der Waals surface area contributed by atoms with Gasteiger partial charge < -0.3 is 24.0 Å². The number of ether oxygens (including phenoxy) is 3. The number of thioether (sulfide) groups is 2. The number of Topliss-reactive ketones (excluding diaryl/α,β-unsaturated/α-hetero) is 1. The van der Waals surface area contributed by atoms with E-state index in [4.69, 9.17) is 14.2 Å². The predicted molar refractivity (Wildman–Crippen MR) is 158 cm³/mol. The normalized spacial score (nSPS) is 17.1.